The molecule has 0 spiro atoms. The topological polar surface area (TPSA) is 57.1 Å². The number of halogens is 1. The van der Waals surface area contributed by atoms with Crippen molar-refractivity contribution in [3.63, 3.8) is 0 Å². The first kappa shape index (κ1) is 17.4. The zero-order chi connectivity index (χ0) is 17.4. The van der Waals surface area contributed by atoms with Crippen LogP contribution in [0, 0.1) is 12.3 Å². The highest BCUT2D eigenvalue weighted by atomic mass is 35.5. The van der Waals surface area contributed by atoms with Crippen LogP contribution in [0.25, 0.3) is 0 Å². The van der Waals surface area contributed by atoms with Crippen LogP contribution in [0.3, 0.4) is 0 Å². The Morgan fingerprint density at radius 1 is 1.29 bits per heavy atom. The minimum atomic E-state index is -0.515. The molecule has 2 aromatic rings. The number of benzene rings is 2. The third kappa shape index (κ3) is 4.77. The van der Waals surface area contributed by atoms with Crippen molar-refractivity contribution in [2.24, 2.45) is 5.16 Å². The lowest BCUT2D eigenvalue weighted by Gasteiger charge is -2.08. The van der Waals surface area contributed by atoms with Gasteiger partial charge in [-0.2, -0.15) is 0 Å². The summed E-state index contributed by atoms with van der Waals surface area (Å²) in [6.45, 7) is 0.0397. The summed E-state index contributed by atoms with van der Waals surface area (Å²) in [7, 11) is 1.55. The van der Waals surface area contributed by atoms with Gasteiger partial charge in [-0.25, -0.2) is 4.79 Å². The summed E-state index contributed by atoms with van der Waals surface area (Å²) in [5.74, 6) is 2.72. The average Bonchev–Trinajstić information content (AvgIpc) is 2.61. The minimum absolute atomic E-state index is 0.0397. The fourth-order valence-corrected chi connectivity index (χ4v) is 1.95. The van der Waals surface area contributed by atoms with Crippen molar-refractivity contribution in [3.8, 4) is 23.8 Å². The van der Waals surface area contributed by atoms with E-state index in [1.54, 1.807) is 49.6 Å². The molecule has 0 saturated carbocycles. The lowest BCUT2D eigenvalue weighted by molar-refractivity contribution is 0.0734. The van der Waals surface area contributed by atoms with Gasteiger partial charge < -0.3 is 14.3 Å². The van der Waals surface area contributed by atoms with Crippen molar-refractivity contribution in [1.82, 2.24) is 0 Å². The van der Waals surface area contributed by atoms with E-state index >= 15 is 0 Å². The first-order valence-electron chi connectivity index (χ1n) is 6.88. The van der Waals surface area contributed by atoms with Gasteiger partial charge in [-0.1, -0.05) is 22.7 Å². The lowest BCUT2D eigenvalue weighted by atomic mass is 10.2. The molecule has 0 aliphatic heterocycles. The predicted molar refractivity (Wildman–Crippen MR) is 91.8 cm³/mol. The Morgan fingerprint density at radius 3 is 2.71 bits per heavy atom. The molecule has 0 radical (unpaired) electrons. The molecule has 0 amide bonds. The van der Waals surface area contributed by atoms with Crippen LogP contribution < -0.4 is 9.47 Å². The van der Waals surface area contributed by atoms with Gasteiger partial charge in [0.15, 0.2) is 6.61 Å². The van der Waals surface area contributed by atoms with Crippen LogP contribution in [0.5, 0.6) is 11.5 Å². The number of carbonyl (C=O) groups excluding carboxylic acids is 1. The van der Waals surface area contributed by atoms with E-state index in [-0.39, 0.29) is 6.61 Å². The number of hydrogen-bond donors (Lipinski definition) is 0. The van der Waals surface area contributed by atoms with Gasteiger partial charge >= 0.3 is 5.97 Å². The van der Waals surface area contributed by atoms with Crippen molar-refractivity contribution in [2.75, 3.05) is 13.7 Å². The number of hydrogen-bond acceptors (Lipinski definition) is 5. The molecule has 0 unspecified atom stereocenters. The average molecular weight is 344 g/mol. The third-order valence-corrected chi connectivity index (χ3v) is 3.15. The van der Waals surface area contributed by atoms with E-state index < -0.39 is 5.97 Å². The molecular formula is C18H14ClNO4. The molecule has 0 atom stereocenters. The van der Waals surface area contributed by atoms with E-state index in [2.05, 4.69) is 11.1 Å². The molecule has 0 saturated heterocycles. The highest BCUT2D eigenvalue weighted by Crippen LogP contribution is 2.23. The summed E-state index contributed by atoms with van der Waals surface area (Å²) in [6.07, 6.45) is 6.44. The van der Waals surface area contributed by atoms with E-state index in [4.69, 9.17) is 32.3 Å². The van der Waals surface area contributed by atoms with Crippen molar-refractivity contribution in [2.45, 2.75) is 0 Å². The van der Waals surface area contributed by atoms with Crippen molar-refractivity contribution in [3.05, 3.63) is 58.6 Å². The van der Waals surface area contributed by atoms with Gasteiger partial charge in [0.25, 0.3) is 0 Å². The smallest absolute Gasteiger partial charge is 0.343 e. The molecule has 0 aromatic heterocycles. The minimum Gasteiger partial charge on any atom is -0.497 e. The molecule has 2 aromatic carbocycles. The van der Waals surface area contributed by atoms with Crippen LogP contribution in [0.4, 0.5) is 0 Å². The number of rotatable bonds is 6. The fourth-order valence-electron chi connectivity index (χ4n) is 1.77. The van der Waals surface area contributed by atoms with E-state index in [1.165, 1.54) is 6.21 Å². The molecule has 0 heterocycles. The van der Waals surface area contributed by atoms with Crippen LogP contribution in [0.2, 0.25) is 5.02 Å². The van der Waals surface area contributed by atoms with Crippen LogP contribution in [0.1, 0.15) is 15.9 Å². The number of esters is 1. The Morgan fingerprint density at radius 2 is 2.04 bits per heavy atom. The zero-order valence-electron chi connectivity index (χ0n) is 12.9. The number of nitrogens with zero attached hydrogens (tertiary/aromatic N) is 1. The highest BCUT2D eigenvalue weighted by Gasteiger charge is 2.12. The summed E-state index contributed by atoms with van der Waals surface area (Å²) < 4.78 is 10.4. The zero-order valence-corrected chi connectivity index (χ0v) is 13.6. The molecule has 6 heteroatoms. The van der Waals surface area contributed by atoms with Crippen LogP contribution >= 0.6 is 11.6 Å². The van der Waals surface area contributed by atoms with E-state index in [9.17, 15) is 4.79 Å². The largest absolute Gasteiger partial charge is 0.497 e. The second-order valence-electron chi connectivity index (χ2n) is 4.51. The first-order valence-corrected chi connectivity index (χ1v) is 7.26. The van der Waals surface area contributed by atoms with Gasteiger partial charge in [0, 0.05) is 10.6 Å². The summed E-state index contributed by atoms with van der Waals surface area (Å²) >= 11 is 5.95. The maximum atomic E-state index is 12.2. The predicted octanol–water partition coefficient (Wildman–Crippen LogP) is 3.55. The van der Waals surface area contributed by atoms with Gasteiger partial charge in [-0.15, -0.1) is 6.42 Å². The van der Waals surface area contributed by atoms with Gasteiger partial charge in [-0.05, 0) is 42.5 Å². The lowest BCUT2D eigenvalue weighted by Crippen LogP contribution is -2.09. The summed E-state index contributed by atoms with van der Waals surface area (Å²) in [5.41, 5.74) is 0.874. The molecule has 0 bridgehead atoms. The summed E-state index contributed by atoms with van der Waals surface area (Å²) in [5, 5.41) is 4.17. The fraction of sp³-hybridized carbons (Fsp3) is 0.111. The van der Waals surface area contributed by atoms with Crippen LogP contribution in [-0.2, 0) is 4.84 Å². The first-order chi connectivity index (χ1) is 11.6. The third-order valence-electron chi connectivity index (χ3n) is 2.91. The molecule has 122 valence electrons. The standard InChI is InChI=1S/C18H14ClNO4/c1-3-10-23-20-12-14-11-15(19)6-9-17(14)24-18(21)13-4-7-16(22-2)8-5-13/h1,4-9,11-12H,10H2,2H3/b20-12+. The summed E-state index contributed by atoms with van der Waals surface area (Å²) in [6, 6.07) is 11.4. The van der Waals surface area contributed by atoms with Crippen molar-refractivity contribution >= 4 is 23.8 Å². The number of methoxy groups -OCH3 is 1. The van der Waals surface area contributed by atoms with E-state index in [0.717, 1.165) is 0 Å². The molecule has 24 heavy (non-hydrogen) atoms. The normalized spacial score (nSPS) is 10.2. The van der Waals surface area contributed by atoms with Gasteiger partial charge in [0.05, 0.1) is 18.9 Å². The second-order valence-corrected chi connectivity index (χ2v) is 4.95. The maximum Gasteiger partial charge on any atom is 0.343 e. The Bertz CT molecular complexity index is 779. The molecule has 0 aliphatic rings. The maximum absolute atomic E-state index is 12.2. The van der Waals surface area contributed by atoms with Crippen molar-refractivity contribution in [1.29, 1.82) is 0 Å². The quantitative estimate of drug-likeness (QED) is 0.201. The molecule has 0 aliphatic carbocycles. The SMILES string of the molecule is C#CCO/N=C/c1cc(Cl)ccc1OC(=O)c1ccc(OC)cc1. The molecule has 5 nitrogen and oxygen atoms in total. The number of ether oxygens (including phenoxy) is 2. The Hall–Kier alpha value is -2.97. The van der Waals surface area contributed by atoms with Crippen LogP contribution in [-0.4, -0.2) is 25.9 Å². The molecule has 0 fully saturated rings. The Labute approximate surface area is 144 Å². The number of carbonyl (C=O) groups is 1. The molecule has 2 rings (SSSR count). The number of terminal acetylenes is 1. The van der Waals surface area contributed by atoms with E-state index in [1.807, 2.05) is 0 Å². The Balaban J connectivity index is 2.17. The Kier molecular flexibility index (Phi) is 6.23. The van der Waals surface area contributed by atoms with Gasteiger partial charge in [0.2, 0.25) is 0 Å². The van der Waals surface area contributed by atoms with E-state index in [0.29, 0.717) is 27.6 Å². The van der Waals surface area contributed by atoms with Crippen molar-refractivity contribution < 1.29 is 19.1 Å². The van der Waals surface area contributed by atoms with Gasteiger partial charge in [-0.3, -0.25) is 0 Å². The number of oxime groups is 1. The van der Waals surface area contributed by atoms with Crippen LogP contribution in [0.15, 0.2) is 47.6 Å². The van der Waals surface area contributed by atoms with Gasteiger partial charge in [0.1, 0.15) is 11.5 Å². The monoisotopic (exact) mass is 343 g/mol. The molecular weight excluding hydrogens is 330 g/mol. The molecule has 0 N–H and O–H groups in total. The summed E-state index contributed by atoms with van der Waals surface area (Å²) in [4.78, 5) is 17.1. The highest BCUT2D eigenvalue weighted by molar-refractivity contribution is 6.30. The second kappa shape index (κ2) is 8.61.